The molecule has 0 radical (unpaired) electrons. The van der Waals surface area contributed by atoms with Gasteiger partial charge in [-0.1, -0.05) is 30.3 Å². The van der Waals surface area contributed by atoms with Gasteiger partial charge in [0, 0.05) is 26.7 Å². The molecule has 1 aliphatic heterocycles. The smallest absolute Gasteiger partial charge is 0.263 e. The molecule has 0 saturated carbocycles. The molecule has 26 heavy (non-hydrogen) atoms. The van der Waals surface area contributed by atoms with Crippen LogP contribution in [-0.2, 0) is 6.54 Å². The standard InChI is InChI=1S/C18H22N6O2/c1-23(17-20-15-14(9-19-22-15)16(25)21-17)11-18(26)7-8-24(12-18)10-13-5-3-2-4-6-13/h2-6,9,26H,7-8,10-12H2,1H3,(H2,19,20,21,22,25). The number of hydrogen-bond acceptors (Lipinski definition) is 6. The van der Waals surface area contributed by atoms with E-state index in [0.717, 1.165) is 13.1 Å². The Morgan fingerprint density at radius 1 is 1.35 bits per heavy atom. The molecule has 1 saturated heterocycles. The number of H-pyrrole nitrogens is 2. The van der Waals surface area contributed by atoms with Crippen molar-refractivity contribution in [3.05, 3.63) is 52.4 Å². The molecule has 0 spiro atoms. The van der Waals surface area contributed by atoms with E-state index >= 15 is 0 Å². The minimum absolute atomic E-state index is 0.241. The van der Waals surface area contributed by atoms with Gasteiger partial charge < -0.3 is 10.0 Å². The number of β-amino-alcohol motifs (C(OH)–C–C–N with tert-alkyl or cyclic N) is 1. The number of fused-ring (bicyclic) bond motifs is 1. The normalized spacial score (nSPS) is 20.7. The molecule has 3 N–H and O–H groups in total. The zero-order chi connectivity index (χ0) is 18.1. The SMILES string of the molecule is CN(CC1(O)CCN(Cc2ccccc2)C1)c1nc2[nH]ncc2c(=O)[nH]1. The van der Waals surface area contributed by atoms with Crippen LogP contribution in [0.2, 0.25) is 0 Å². The van der Waals surface area contributed by atoms with Crippen LogP contribution in [0.4, 0.5) is 5.95 Å². The Kier molecular flexibility index (Phi) is 4.21. The summed E-state index contributed by atoms with van der Waals surface area (Å²) in [6.45, 7) is 2.63. The van der Waals surface area contributed by atoms with Gasteiger partial charge in [0.1, 0.15) is 5.39 Å². The van der Waals surface area contributed by atoms with Gasteiger partial charge in [-0.15, -0.1) is 0 Å². The van der Waals surface area contributed by atoms with Crippen molar-refractivity contribution in [2.24, 2.45) is 0 Å². The van der Waals surface area contributed by atoms with Gasteiger partial charge in [-0.2, -0.15) is 10.1 Å². The maximum Gasteiger partial charge on any atom is 0.263 e. The molecule has 8 nitrogen and oxygen atoms in total. The predicted octanol–water partition coefficient (Wildman–Crippen LogP) is 0.719. The van der Waals surface area contributed by atoms with Gasteiger partial charge in [0.05, 0.1) is 18.3 Å². The van der Waals surface area contributed by atoms with Crippen molar-refractivity contribution < 1.29 is 5.11 Å². The second-order valence-corrected chi connectivity index (χ2v) is 7.05. The second kappa shape index (κ2) is 6.54. The first-order chi connectivity index (χ1) is 12.5. The van der Waals surface area contributed by atoms with Crippen LogP contribution in [0.3, 0.4) is 0 Å². The molecule has 1 aliphatic rings. The van der Waals surface area contributed by atoms with E-state index in [0.29, 0.717) is 36.5 Å². The van der Waals surface area contributed by atoms with Crippen LogP contribution in [-0.4, -0.2) is 62.5 Å². The zero-order valence-electron chi connectivity index (χ0n) is 14.6. The van der Waals surface area contributed by atoms with E-state index in [2.05, 4.69) is 37.2 Å². The van der Waals surface area contributed by atoms with Gasteiger partial charge in [0.15, 0.2) is 5.65 Å². The molecule has 1 aromatic carbocycles. The lowest BCUT2D eigenvalue weighted by Crippen LogP contribution is -2.44. The number of nitrogens with zero attached hydrogens (tertiary/aromatic N) is 4. The molecular weight excluding hydrogens is 332 g/mol. The number of likely N-dealkylation sites (N-methyl/N-ethyl adjacent to an activating group) is 1. The highest BCUT2D eigenvalue weighted by molar-refractivity contribution is 5.73. The molecular formula is C18H22N6O2. The minimum Gasteiger partial charge on any atom is -0.387 e. The average Bonchev–Trinajstić information content (AvgIpc) is 3.23. The predicted molar refractivity (Wildman–Crippen MR) is 99.1 cm³/mol. The number of rotatable bonds is 5. The first-order valence-corrected chi connectivity index (χ1v) is 8.66. The van der Waals surface area contributed by atoms with Crippen LogP contribution >= 0.6 is 0 Å². The van der Waals surface area contributed by atoms with Crippen LogP contribution in [0.5, 0.6) is 0 Å². The lowest BCUT2D eigenvalue weighted by atomic mass is 10.0. The van der Waals surface area contributed by atoms with Crippen molar-refractivity contribution in [3.8, 4) is 0 Å². The molecule has 136 valence electrons. The summed E-state index contributed by atoms with van der Waals surface area (Å²) in [5.41, 5.74) is 0.598. The molecule has 8 heteroatoms. The van der Waals surface area contributed by atoms with Gasteiger partial charge in [-0.05, 0) is 12.0 Å². The Morgan fingerprint density at radius 2 is 2.15 bits per heavy atom. The highest BCUT2D eigenvalue weighted by atomic mass is 16.3. The van der Waals surface area contributed by atoms with Gasteiger partial charge in [0.2, 0.25) is 5.95 Å². The molecule has 3 aromatic rings. The summed E-state index contributed by atoms with van der Waals surface area (Å²) in [4.78, 5) is 23.3. The minimum atomic E-state index is -0.842. The summed E-state index contributed by atoms with van der Waals surface area (Å²) >= 11 is 0. The fraction of sp³-hybridized carbons (Fsp3) is 0.389. The third-order valence-corrected chi connectivity index (χ3v) is 4.86. The highest BCUT2D eigenvalue weighted by Crippen LogP contribution is 2.25. The molecule has 1 unspecified atom stereocenters. The second-order valence-electron chi connectivity index (χ2n) is 7.05. The third-order valence-electron chi connectivity index (χ3n) is 4.86. The zero-order valence-corrected chi connectivity index (χ0v) is 14.6. The van der Waals surface area contributed by atoms with E-state index in [-0.39, 0.29) is 5.56 Å². The summed E-state index contributed by atoms with van der Waals surface area (Å²) in [7, 11) is 1.82. The van der Waals surface area contributed by atoms with Crippen molar-refractivity contribution in [1.82, 2.24) is 25.1 Å². The van der Waals surface area contributed by atoms with E-state index in [4.69, 9.17) is 0 Å². The van der Waals surface area contributed by atoms with Gasteiger partial charge in [-0.25, -0.2) is 0 Å². The number of likely N-dealkylation sites (tertiary alicyclic amines) is 1. The van der Waals surface area contributed by atoms with E-state index in [1.54, 1.807) is 4.90 Å². The summed E-state index contributed by atoms with van der Waals surface area (Å²) in [5, 5.41) is 18.0. The number of aromatic nitrogens is 4. The maximum atomic E-state index is 12.1. The number of anilines is 1. The summed E-state index contributed by atoms with van der Waals surface area (Å²) in [6.07, 6.45) is 2.14. The first-order valence-electron chi connectivity index (χ1n) is 8.66. The van der Waals surface area contributed by atoms with Crippen LogP contribution < -0.4 is 10.5 Å². The molecule has 1 fully saturated rings. The third kappa shape index (κ3) is 3.33. The fourth-order valence-electron chi connectivity index (χ4n) is 3.58. The molecule has 3 heterocycles. The lowest BCUT2D eigenvalue weighted by molar-refractivity contribution is 0.0559. The molecule has 0 amide bonds. The van der Waals surface area contributed by atoms with E-state index in [1.807, 2.05) is 25.2 Å². The van der Waals surface area contributed by atoms with Crippen LogP contribution in [0.25, 0.3) is 11.0 Å². The first kappa shape index (κ1) is 16.7. The maximum absolute atomic E-state index is 12.1. The Labute approximate surface area is 150 Å². The Balaban J connectivity index is 1.45. The Morgan fingerprint density at radius 3 is 2.96 bits per heavy atom. The summed E-state index contributed by atoms with van der Waals surface area (Å²) < 4.78 is 0. The van der Waals surface area contributed by atoms with Crippen LogP contribution in [0, 0.1) is 0 Å². The van der Waals surface area contributed by atoms with Gasteiger partial charge >= 0.3 is 0 Å². The van der Waals surface area contributed by atoms with Gasteiger partial charge in [0.25, 0.3) is 5.56 Å². The lowest BCUT2D eigenvalue weighted by Gasteiger charge is -2.29. The van der Waals surface area contributed by atoms with Crippen molar-refractivity contribution in [2.75, 3.05) is 31.6 Å². The van der Waals surface area contributed by atoms with Crippen LogP contribution in [0.15, 0.2) is 41.3 Å². The highest BCUT2D eigenvalue weighted by Gasteiger charge is 2.37. The number of nitrogens with one attached hydrogen (secondary N) is 2. The van der Waals surface area contributed by atoms with Crippen LogP contribution in [0.1, 0.15) is 12.0 Å². The summed E-state index contributed by atoms with van der Waals surface area (Å²) in [5.74, 6) is 0.418. The number of aliphatic hydroxyl groups is 1. The van der Waals surface area contributed by atoms with E-state index in [1.165, 1.54) is 11.8 Å². The topological polar surface area (TPSA) is 101 Å². The number of hydrogen-bond donors (Lipinski definition) is 3. The largest absolute Gasteiger partial charge is 0.387 e. The quantitative estimate of drug-likeness (QED) is 0.624. The fourth-order valence-corrected chi connectivity index (χ4v) is 3.58. The monoisotopic (exact) mass is 354 g/mol. The Hall–Kier alpha value is -2.71. The number of aromatic amines is 2. The molecule has 4 rings (SSSR count). The van der Waals surface area contributed by atoms with Crippen molar-refractivity contribution in [1.29, 1.82) is 0 Å². The van der Waals surface area contributed by atoms with E-state index < -0.39 is 5.60 Å². The molecule has 2 aromatic heterocycles. The number of benzene rings is 1. The summed E-state index contributed by atoms with van der Waals surface area (Å²) in [6, 6.07) is 10.2. The van der Waals surface area contributed by atoms with E-state index in [9.17, 15) is 9.90 Å². The van der Waals surface area contributed by atoms with Gasteiger partial charge in [-0.3, -0.25) is 19.8 Å². The van der Waals surface area contributed by atoms with Crippen molar-refractivity contribution in [3.63, 3.8) is 0 Å². The molecule has 0 aliphatic carbocycles. The Bertz CT molecular complexity index is 953. The van der Waals surface area contributed by atoms with Crippen molar-refractivity contribution in [2.45, 2.75) is 18.6 Å². The molecule has 1 atom stereocenters. The average molecular weight is 354 g/mol. The molecule has 0 bridgehead atoms. The van der Waals surface area contributed by atoms with Crippen molar-refractivity contribution >= 4 is 17.0 Å².